The highest BCUT2D eigenvalue weighted by atomic mass is 19.1. The fourth-order valence-electron chi connectivity index (χ4n) is 2.36. The van der Waals surface area contributed by atoms with E-state index < -0.39 is 0 Å². The number of rotatable bonds is 6. The number of aryl methyl sites for hydroxylation is 2. The van der Waals surface area contributed by atoms with Gasteiger partial charge in [0.25, 0.3) is 0 Å². The zero-order valence-corrected chi connectivity index (χ0v) is 11.4. The van der Waals surface area contributed by atoms with Gasteiger partial charge >= 0.3 is 0 Å². The summed E-state index contributed by atoms with van der Waals surface area (Å²) in [5.41, 5.74) is 2.96. The molecule has 1 aromatic carbocycles. The molecular formula is C15H24FN. The highest BCUT2D eigenvalue weighted by Gasteiger charge is 2.10. The highest BCUT2D eigenvalue weighted by Crippen LogP contribution is 2.18. The van der Waals surface area contributed by atoms with Gasteiger partial charge in [-0.1, -0.05) is 19.4 Å². The molecule has 0 heterocycles. The number of nitrogens with one attached hydrogen (secondary N) is 1. The second-order valence-electron chi connectivity index (χ2n) is 4.86. The van der Waals surface area contributed by atoms with Crippen LogP contribution in [-0.2, 0) is 6.42 Å². The van der Waals surface area contributed by atoms with Gasteiger partial charge in [-0.25, -0.2) is 4.39 Å². The van der Waals surface area contributed by atoms with Crippen LogP contribution in [0.2, 0.25) is 0 Å². The minimum Gasteiger partial charge on any atom is -0.317 e. The fourth-order valence-corrected chi connectivity index (χ4v) is 2.36. The average molecular weight is 237 g/mol. The van der Waals surface area contributed by atoms with Crippen LogP contribution < -0.4 is 5.32 Å². The van der Waals surface area contributed by atoms with E-state index in [1.807, 2.05) is 20.9 Å². The molecule has 1 atom stereocenters. The second kappa shape index (κ2) is 6.75. The van der Waals surface area contributed by atoms with Crippen molar-refractivity contribution in [2.24, 2.45) is 0 Å². The normalized spacial score (nSPS) is 12.8. The van der Waals surface area contributed by atoms with E-state index in [4.69, 9.17) is 0 Å². The summed E-state index contributed by atoms with van der Waals surface area (Å²) in [6, 6.07) is 4.20. The van der Waals surface area contributed by atoms with Gasteiger partial charge in [-0.3, -0.25) is 0 Å². The largest absolute Gasteiger partial charge is 0.317 e. The third-order valence-corrected chi connectivity index (χ3v) is 3.35. The number of hydrogen-bond acceptors (Lipinski definition) is 1. The summed E-state index contributed by atoms with van der Waals surface area (Å²) < 4.78 is 13.8. The van der Waals surface area contributed by atoms with Gasteiger partial charge in [0, 0.05) is 6.04 Å². The highest BCUT2D eigenvalue weighted by molar-refractivity contribution is 5.32. The molecule has 0 aliphatic rings. The summed E-state index contributed by atoms with van der Waals surface area (Å²) in [4.78, 5) is 0. The minimum absolute atomic E-state index is 0.0474. The van der Waals surface area contributed by atoms with Crippen molar-refractivity contribution in [3.63, 3.8) is 0 Å². The first kappa shape index (κ1) is 14.2. The molecule has 0 spiro atoms. The first-order valence-corrected chi connectivity index (χ1v) is 6.51. The van der Waals surface area contributed by atoms with Crippen LogP contribution >= 0.6 is 0 Å². The molecule has 0 aliphatic carbocycles. The topological polar surface area (TPSA) is 12.0 Å². The molecule has 0 saturated heterocycles. The summed E-state index contributed by atoms with van der Waals surface area (Å²) in [5, 5.41) is 3.30. The third kappa shape index (κ3) is 4.12. The predicted octanol–water partition coefficient (Wildman–Crippen LogP) is 3.76. The summed E-state index contributed by atoms with van der Waals surface area (Å²) in [6.45, 7) is 6.12. The van der Waals surface area contributed by atoms with Crippen molar-refractivity contribution in [2.45, 2.75) is 52.5 Å². The van der Waals surface area contributed by atoms with Crippen molar-refractivity contribution in [2.75, 3.05) is 7.05 Å². The van der Waals surface area contributed by atoms with E-state index in [9.17, 15) is 4.39 Å². The maximum atomic E-state index is 13.8. The van der Waals surface area contributed by atoms with Crippen LogP contribution in [-0.4, -0.2) is 13.1 Å². The van der Waals surface area contributed by atoms with Gasteiger partial charge in [-0.15, -0.1) is 0 Å². The van der Waals surface area contributed by atoms with E-state index in [2.05, 4.69) is 18.3 Å². The van der Waals surface area contributed by atoms with E-state index in [1.54, 1.807) is 6.07 Å². The number of hydrogen-bond donors (Lipinski definition) is 1. The van der Waals surface area contributed by atoms with Crippen molar-refractivity contribution in [1.29, 1.82) is 0 Å². The maximum absolute atomic E-state index is 13.8. The molecular weight excluding hydrogens is 213 g/mol. The second-order valence-corrected chi connectivity index (χ2v) is 4.86. The zero-order chi connectivity index (χ0) is 12.8. The summed E-state index contributed by atoms with van der Waals surface area (Å²) in [5.74, 6) is -0.0474. The molecule has 2 heteroatoms. The molecule has 0 bridgehead atoms. The molecule has 0 aliphatic heterocycles. The Bertz CT molecular complexity index is 337. The molecule has 0 amide bonds. The van der Waals surface area contributed by atoms with Crippen LogP contribution in [0.4, 0.5) is 4.39 Å². The Hall–Kier alpha value is -0.890. The summed E-state index contributed by atoms with van der Waals surface area (Å²) in [7, 11) is 1.98. The van der Waals surface area contributed by atoms with E-state index in [0.717, 1.165) is 36.0 Å². The van der Waals surface area contributed by atoms with Crippen LogP contribution in [0, 0.1) is 19.7 Å². The van der Waals surface area contributed by atoms with Crippen LogP contribution in [0.3, 0.4) is 0 Å². The lowest BCUT2D eigenvalue weighted by Crippen LogP contribution is -2.25. The molecule has 1 unspecified atom stereocenters. The van der Waals surface area contributed by atoms with Gasteiger partial charge in [0.1, 0.15) is 5.82 Å². The molecule has 0 saturated carbocycles. The molecule has 96 valence electrons. The third-order valence-electron chi connectivity index (χ3n) is 3.35. The van der Waals surface area contributed by atoms with Crippen molar-refractivity contribution in [3.8, 4) is 0 Å². The van der Waals surface area contributed by atoms with E-state index in [0.29, 0.717) is 6.04 Å². The van der Waals surface area contributed by atoms with Gasteiger partial charge in [-0.05, 0) is 62.9 Å². The quantitative estimate of drug-likeness (QED) is 0.794. The molecule has 1 aromatic rings. The number of benzene rings is 1. The lowest BCUT2D eigenvalue weighted by atomic mass is 9.97. The predicted molar refractivity (Wildman–Crippen MR) is 72.0 cm³/mol. The SMILES string of the molecule is CCCC(CCc1c(C)cc(C)cc1F)NC. The van der Waals surface area contributed by atoms with Crippen molar-refractivity contribution in [3.05, 3.63) is 34.6 Å². The Labute approximate surface area is 104 Å². The lowest BCUT2D eigenvalue weighted by Gasteiger charge is -2.16. The Morgan fingerprint density at radius 3 is 2.47 bits per heavy atom. The monoisotopic (exact) mass is 237 g/mol. The molecule has 0 aromatic heterocycles. The first-order valence-electron chi connectivity index (χ1n) is 6.51. The molecule has 1 nitrogen and oxygen atoms in total. The van der Waals surface area contributed by atoms with E-state index >= 15 is 0 Å². The average Bonchev–Trinajstić information content (AvgIpc) is 2.26. The first-order chi connectivity index (χ1) is 8.08. The molecule has 1 rings (SSSR count). The van der Waals surface area contributed by atoms with Crippen molar-refractivity contribution in [1.82, 2.24) is 5.32 Å². The minimum atomic E-state index is -0.0474. The Morgan fingerprint density at radius 2 is 1.94 bits per heavy atom. The summed E-state index contributed by atoms with van der Waals surface area (Å²) >= 11 is 0. The standard InChI is InChI=1S/C15H24FN/c1-5-6-13(17-4)7-8-14-12(3)9-11(2)10-15(14)16/h9-10,13,17H,5-8H2,1-4H3. The lowest BCUT2D eigenvalue weighted by molar-refractivity contribution is 0.477. The van der Waals surface area contributed by atoms with E-state index in [1.165, 1.54) is 6.42 Å². The molecule has 17 heavy (non-hydrogen) atoms. The zero-order valence-electron chi connectivity index (χ0n) is 11.4. The van der Waals surface area contributed by atoms with Gasteiger partial charge in [0.05, 0.1) is 0 Å². The van der Waals surface area contributed by atoms with Crippen LogP contribution in [0.1, 0.15) is 42.9 Å². The smallest absolute Gasteiger partial charge is 0.126 e. The molecule has 0 radical (unpaired) electrons. The van der Waals surface area contributed by atoms with Gasteiger partial charge in [0.2, 0.25) is 0 Å². The van der Waals surface area contributed by atoms with Crippen LogP contribution in [0.15, 0.2) is 12.1 Å². The Kier molecular flexibility index (Phi) is 5.63. The molecule has 0 fully saturated rings. The van der Waals surface area contributed by atoms with Gasteiger partial charge < -0.3 is 5.32 Å². The summed E-state index contributed by atoms with van der Waals surface area (Å²) in [6.07, 6.45) is 4.15. The van der Waals surface area contributed by atoms with Gasteiger partial charge in [0.15, 0.2) is 0 Å². The Balaban J connectivity index is 2.68. The fraction of sp³-hybridized carbons (Fsp3) is 0.600. The van der Waals surface area contributed by atoms with Crippen molar-refractivity contribution >= 4 is 0 Å². The number of halogens is 1. The maximum Gasteiger partial charge on any atom is 0.126 e. The van der Waals surface area contributed by atoms with E-state index in [-0.39, 0.29) is 5.82 Å². The van der Waals surface area contributed by atoms with Crippen LogP contribution in [0.5, 0.6) is 0 Å². The van der Waals surface area contributed by atoms with Crippen molar-refractivity contribution < 1.29 is 4.39 Å². The van der Waals surface area contributed by atoms with Gasteiger partial charge in [-0.2, -0.15) is 0 Å². The Morgan fingerprint density at radius 1 is 1.24 bits per heavy atom. The van der Waals surface area contributed by atoms with Crippen LogP contribution in [0.25, 0.3) is 0 Å². The molecule has 1 N–H and O–H groups in total.